The molecule has 0 amide bonds. The van der Waals surface area contributed by atoms with Crippen molar-refractivity contribution in [1.29, 1.82) is 0 Å². The Bertz CT molecular complexity index is 1190. The number of ether oxygens (including phenoxy) is 2. The van der Waals surface area contributed by atoms with Gasteiger partial charge in [-0.05, 0) is 60.0 Å². The third kappa shape index (κ3) is 4.68. The van der Waals surface area contributed by atoms with E-state index in [0.29, 0.717) is 22.4 Å². The fraction of sp³-hybridized carbons (Fsp3) is 0.227. The highest BCUT2D eigenvalue weighted by molar-refractivity contribution is 7.90. The number of aryl methyl sites for hydroxylation is 1. The van der Waals surface area contributed by atoms with Gasteiger partial charge in [0, 0.05) is 25.1 Å². The van der Waals surface area contributed by atoms with Crippen LogP contribution in [0.2, 0.25) is 0 Å². The van der Waals surface area contributed by atoms with Gasteiger partial charge >= 0.3 is 0 Å². The molecule has 1 aromatic heterocycles. The first-order valence-electron chi connectivity index (χ1n) is 8.96. The van der Waals surface area contributed by atoms with E-state index in [-0.39, 0.29) is 17.1 Å². The van der Waals surface area contributed by atoms with Gasteiger partial charge in [-0.1, -0.05) is 12.1 Å². The highest BCUT2D eigenvalue weighted by Crippen LogP contribution is 2.30. The van der Waals surface area contributed by atoms with Crippen molar-refractivity contribution < 1.29 is 17.9 Å². The molecule has 0 aliphatic rings. The van der Waals surface area contributed by atoms with Crippen LogP contribution in [0.3, 0.4) is 0 Å². The molecule has 2 aromatic carbocycles. The first kappa shape index (κ1) is 20.7. The molecule has 7 heteroatoms. The van der Waals surface area contributed by atoms with E-state index in [1.807, 2.05) is 24.3 Å². The minimum atomic E-state index is -3.46. The lowest BCUT2D eigenvalue weighted by molar-refractivity contribution is 0.305. The molecule has 0 bridgehead atoms. The van der Waals surface area contributed by atoms with Gasteiger partial charge in [0.15, 0.2) is 9.84 Å². The van der Waals surface area contributed by atoms with Crippen LogP contribution < -0.4 is 15.0 Å². The smallest absolute Gasteiger partial charge is 0.253 e. The summed E-state index contributed by atoms with van der Waals surface area (Å²) in [6.45, 7) is 1.99. The minimum absolute atomic E-state index is 0.132. The van der Waals surface area contributed by atoms with Crippen LogP contribution >= 0.6 is 0 Å². The Morgan fingerprint density at radius 3 is 2.31 bits per heavy atom. The SMILES string of the molecule is COc1ccc(COc2cc(-c3ccn(C)c(=O)c3C)cc(S(C)(=O)=O)c2)cc1. The molecule has 0 radical (unpaired) electrons. The summed E-state index contributed by atoms with van der Waals surface area (Å²) in [7, 11) is -0.183. The maximum Gasteiger partial charge on any atom is 0.253 e. The first-order valence-corrected chi connectivity index (χ1v) is 10.9. The highest BCUT2D eigenvalue weighted by Gasteiger charge is 2.14. The third-order valence-electron chi connectivity index (χ3n) is 4.69. The number of methoxy groups -OCH3 is 1. The fourth-order valence-electron chi connectivity index (χ4n) is 2.98. The van der Waals surface area contributed by atoms with Gasteiger partial charge in [-0.3, -0.25) is 4.79 Å². The van der Waals surface area contributed by atoms with E-state index in [0.717, 1.165) is 17.6 Å². The Morgan fingerprint density at radius 1 is 1.00 bits per heavy atom. The van der Waals surface area contributed by atoms with Crippen LogP contribution in [0.5, 0.6) is 11.5 Å². The molecule has 152 valence electrons. The predicted molar refractivity (Wildman–Crippen MR) is 112 cm³/mol. The van der Waals surface area contributed by atoms with E-state index in [4.69, 9.17) is 9.47 Å². The summed E-state index contributed by atoms with van der Waals surface area (Å²) >= 11 is 0. The zero-order chi connectivity index (χ0) is 21.2. The number of hydrogen-bond donors (Lipinski definition) is 0. The molecule has 0 spiro atoms. The average molecular weight is 413 g/mol. The molecule has 0 saturated carbocycles. The summed E-state index contributed by atoms with van der Waals surface area (Å²) in [6.07, 6.45) is 2.81. The van der Waals surface area contributed by atoms with E-state index in [1.54, 1.807) is 45.5 Å². The van der Waals surface area contributed by atoms with Crippen molar-refractivity contribution in [1.82, 2.24) is 4.57 Å². The summed E-state index contributed by atoms with van der Waals surface area (Å²) < 4.78 is 36.9. The fourth-order valence-corrected chi connectivity index (χ4v) is 3.66. The van der Waals surface area contributed by atoms with Gasteiger partial charge in [0.05, 0.1) is 12.0 Å². The molecule has 1 heterocycles. The monoisotopic (exact) mass is 413 g/mol. The van der Waals surface area contributed by atoms with Gasteiger partial charge in [-0.25, -0.2) is 8.42 Å². The zero-order valence-corrected chi connectivity index (χ0v) is 17.6. The Morgan fingerprint density at radius 2 is 1.69 bits per heavy atom. The van der Waals surface area contributed by atoms with Crippen molar-refractivity contribution in [2.45, 2.75) is 18.4 Å². The second-order valence-electron chi connectivity index (χ2n) is 6.87. The molecule has 3 rings (SSSR count). The van der Waals surface area contributed by atoms with Gasteiger partial charge in [-0.15, -0.1) is 0 Å². The molecule has 0 N–H and O–H groups in total. The predicted octanol–water partition coefficient (Wildman–Crippen LogP) is 3.35. The van der Waals surface area contributed by atoms with Crippen LogP contribution in [-0.4, -0.2) is 26.4 Å². The van der Waals surface area contributed by atoms with Gasteiger partial charge in [0.2, 0.25) is 0 Å². The summed E-state index contributed by atoms with van der Waals surface area (Å²) in [5, 5.41) is 0. The van der Waals surface area contributed by atoms with Gasteiger partial charge < -0.3 is 14.0 Å². The molecule has 29 heavy (non-hydrogen) atoms. The molecule has 6 nitrogen and oxygen atoms in total. The van der Waals surface area contributed by atoms with Crippen molar-refractivity contribution >= 4 is 9.84 Å². The summed E-state index contributed by atoms with van der Waals surface area (Å²) in [5.74, 6) is 1.16. The number of hydrogen-bond acceptors (Lipinski definition) is 5. The van der Waals surface area contributed by atoms with Crippen LogP contribution in [0.1, 0.15) is 11.1 Å². The van der Waals surface area contributed by atoms with Crippen molar-refractivity contribution in [3.8, 4) is 22.6 Å². The van der Waals surface area contributed by atoms with E-state index in [2.05, 4.69) is 0 Å². The van der Waals surface area contributed by atoms with Crippen LogP contribution in [0.15, 0.2) is 64.4 Å². The number of benzene rings is 2. The quantitative estimate of drug-likeness (QED) is 0.620. The number of pyridine rings is 1. The Kier molecular flexibility index (Phi) is 5.79. The molecule has 0 unspecified atom stereocenters. The molecule has 0 saturated heterocycles. The number of nitrogens with zero attached hydrogens (tertiary/aromatic N) is 1. The number of sulfone groups is 1. The molecule has 0 aliphatic heterocycles. The molecule has 0 fully saturated rings. The van der Waals surface area contributed by atoms with Crippen LogP contribution in [-0.2, 0) is 23.5 Å². The Balaban J connectivity index is 2.00. The summed E-state index contributed by atoms with van der Waals surface area (Å²) in [6, 6.07) is 14.0. The first-order chi connectivity index (χ1) is 13.7. The molecular weight excluding hydrogens is 390 g/mol. The maximum atomic E-state index is 12.3. The zero-order valence-electron chi connectivity index (χ0n) is 16.8. The van der Waals surface area contributed by atoms with E-state index in [1.165, 1.54) is 10.6 Å². The van der Waals surface area contributed by atoms with E-state index >= 15 is 0 Å². The third-order valence-corrected chi connectivity index (χ3v) is 5.79. The van der Waals surface area contributed by atoms with Crippen molar-refractivity contribution in [3.05, 3.63) is 76.2 Å². The van der Waals surface area contributed by atoms with Gasteiger partial charge in [-0.2, -0.15) is 0 Å². The van der Waals surface area contributed by atoms with Crippen LogP contribution in [0.4, 0.5) is 0 Å². The lowest BCUT2D eigenvalue weighted by atomic mass is 10.0. The lowest BCUT2D eigenvalue weighted by Crippen LogP contribution is -2.18. The Labute approximate surface area is 170 Å². The highest BCUT2D eigenvalue weighted by atomic mass is 32.2. The van der Waals surface area contributed by atoms with Crippen LogP contribution in [0.25, 0.3) is 11.1 Å². The standard InChI is InChI=1S/C22H23NO5S/c1-15-21(9-10-23(2)22(15)24)17-11-19(13-20(12-17)29(4,25)26)28-14-16-5-7-18(27-3)8-6-16/h5-13H,14H2,1-4H3. The topological polar surface area (TPSA) is 74.6 Å². The molecule has 3 aromatic rings. The normalized spacial score (nSPS) is 11.3. The van der Waals surface area contributed by atoms with Gasteiger partial charge in [0.1, 0.15) is 18.1 Å². The van der Waals surface area contributed by atoms with Crippen molar-refractivity contribution in [2.24, 2.45) is 7.05 Å². The Hall–Kier alpha value is -3.06. The van der Waals surface area contributed by atoms with Crippen molar-refractivity contribution in [3.63, 3.8) is 0 Å². The minimum Gasteiger partial charge on any atom is -0.497 e. The average Bonchev–Trinajstić information content (AvgIpc) is 2.70. The number of rotatable bonds is 6. The van der Waals surface area contributed by atoms with E-state index < -0.39 is 9.84 Å². The second-order valence-corrected chi connectivity index (χ2v) is 8.89. The van der Waals surface area contributed by atoms with Gasteiger partial charge in [0.25, 0.3) is 5.56 Å². The van der Waals surface area contributed by atoms with E-state index in [9.17, 15) is 13.2 Å². The number of aromatic nitrogens is 1. The lowest BCUT2D eigenvalue weighted by Gasteiger charge is -2.13. The largest absolute Gasteiger partial charge is 0.497 e. The second kappa shape index (κ2) is 8.13. The van der Waals surface area contributed by atoms with Crippen LogP contribution in [0, 0.1) is 6.92 Å². The molecular formula is C22H23NO5S. The molecule has 0 aliphatic carbocycles. The summed E-state index contributed by atoms with van der Waals surface area (Å²) in [4.78, 5) is 12.4. The summed E-state index contributed by atoms with van der Waals surface area (Å²) in [5.41, 5.74) is 2.62. The van der Waals surface area contributed by atoms with Crippen molar-refractivity contribution in [2.75, 3.05) is 13.4 Å². The maximum absolute atomic E-state index is 12.3. The molecule has 0 atom stereocenters.